The number of hydrogen-bond donors (Lipinski definition) is 1. The zero-order valence-corrected chi connectivity index (χ0v) is 12.2. The summed E-state index contributed by atoms with van der Waals surface area (Å²) in [6.07, 6.45) is 4.17. The van der Waals surface area contributed by atoms with Gasteiger partial charge in [-0.3, -0.25) is 9.59 Å². The molecule has 5 heteroatoms. The number of carbonyl (C=O) groups excluding carboxylic acids is 2. The SMILES string of the molecule is CC(=O)Nc1ccc2c(c1)C(=O)N1CCCC[C@H]1CCO2. The summed E-state index contributed by atoms with van der Waals surface area (Å²) in [5, 5.41) is 2.72. The molecule has 21 heavy (non-hydrogen) atoms. The molecule has 0 saturated carbocycles. The second kappa shape index (κ2) is 5.76. The van der Waals surface area contributed by atoms with Crippen LogP contribution in [-0.4, -0.2) is 35.9 Å². The Morgan fingerprint density at radius 1 is 1.33 bits per heavy atom. The minimum absolute atomic E-state index is 0.0154. The van der Waals surface area contributed by atoms with Crippen LogP contribution in [0.3, 0.4) is 0 Å². The number of anilines is 1. The highest BCUT2D eigenvalue weighted by molar-refractivity contribution is 5.99. The van der Waals surface area contributed by atoms with Gasteiger partial charge in [0.25, 0.3) is 5.91 Å². The van der Waals surface area contributed by atoms with Crippen LogP contribution in [-0.2, 0) is 4.79 Å². The fourth-order valence-electron chi connectivity index (χ4n) is 3.13. The summed E-state index contributed by atoms with van der Waals surface area (Å²) >= 11 is 0. The van der Waals surface area contributed by atoms with Crippen molar-refractivity contribution >= 4 is 17.5 Å². The molecule has 0 radical (unpaired) electrons. The van der Waals surface area contributed by atoms with Gasteiger partial charge in [0.15, 0.2) is 0 Å². The van der Waals surface area contributed by atoms with Gasteiger partial charge < -0.3 is 15.0 Å². The molecular formula is C16H20N2O3. The summed E-state index contributed by atoms with van der Waals surface area (Å²) in [4.78, 5) is 25.9. The third-order valence-corrected chi connectivity index (χ3v) is 4.13. The van der Waals surface area contributed by atoms with Crippen LogP contribution < -0.4 is 10.1 Å². The Kier molecular flexibility index (Phi) is 3.82. The van der Waals surface area contributed by atoms with Crippen molar-refractivity contribution in [2.45, 2.75) is 38.6 Å². The van der Waals surface area contributed by atoms with E-state index in [0.29, 0.717) is 23.6 Å². The molecule has 0 aliphatic carbocycles. The Hall–Kier alpha value is -2.04. The number of nitrogens with one attached hydrogen (secondary N) is 1. The maximum atomic E-state index is 12.8. The largest absolute Gasteiger partial charge is 0.493 e. The Balaban J connectivity index is 1.95. The molecule has 1 saturated heterocycles. The summed E-state index contributed by atoms with van der Waals surface area (Å²) in [6, 6.07) is 5.53. The van der Waals surface area contributed by atoms with Crippen LogP contribution in [0, 0.1) is 0 Å². The third kappa shape index (κ3) is 2.86. The molecule has 5 nitrogen and oxygen atoms in total. The monoisotopic (exact) mass is 288 g/mol. The molecular weight excluding hydrogens is 268 g/mol. The normalized spacial score (nSPS) is 21.5. The molecule has 3 rings (SSSR count). The highest BCUT2D eigenvalue weighted by Crippen LogP contribution is 2.30. The molecule has 112 valence electrons. The molecule has 0 bridgehead atoms. The number of amides is 2. The minimum Gasteiger partial charge on any atom is -0.493 e. The second-order valence-electron chi connectivity index (χ2n) is 5.68. The van der Waals surface area contributed by atoms with Crippen molar-refractivity contribution in [2.24, 2.45) is 0 Å². The lowest BCUT2D eigenvalue weighted by atomic mass is 9.97. The smallest absolute Gasteiger partial charge is 0.257 e. The number of rotatable bonds is 1. The van der Waals surface area contributed by atoms with E-state index in [1.165, 1.54) is 13.3 Å². The molecule has 1 N–H and O–H groups in total. The van der Waals surface area contributed by atoms with Gasteiger partial charge in [-0.15, -0.1) is 0 Å². The van der Waals surface area contributed by atoms with Crippen molar-refractivity contribution in [1.82, 2.24) is 4.90 Å². The van der Waals surface area contributed by atoms with Gasteiger partial charge in [-0.05, 0) is 37.5 Å². The molecule has 1 aromatic rings. The van der Waals surface area contributed by atoms with Crippen molar-refractivity contribution in [1.29, 1.82) is 0 Å². The minimum atomic E-state index is -0.148. The van der Waals surface area contributed by atoms with Gasteiger partial charge in [0.05, 0.1) is 12.2 Å². The molecule has 1 fully saturated rings. The van der Waals surface area contributed by atoms with Crippen LogP contribution in [0.15, 0.2) is 18.2 Å². The van der Waals surface area contributed by atoms with Crippen LogP contribution >= 0.6 is 0 Å². The Morgan fingerprint density at radius 3 is 3.00 bits per heavy atom. The Morgan fingerprint density at radius 2 is 2.19 bits per heavy atom. The number of carbonyl (C=O) groups is 2. The van der Waals surface area contributed by atoms with E-state index in [1.54, 1.807) is 18.2 Å². The summed E-state index contributed by atoms with van der Waals surface area (Å²) in [7, 11) is 0. The van der Waals surface area contributed by atoms with Crippen LogP contribution in [0.25, 0.3) is 0 Å². The van der Waals surface area contributed by atoms with Gasteiger partial charge in [-0.2, -0.15) is 0 Å². The van der Waals surface area contributed by atoms with E-state index in [-0.39, 0.29) is 17.9 Å². The Bertz CT molecular complexity index is 571. The lowest BCUT2D eigenvalue weighted by Crippen LogP contribution is -2.45. The van der Waals surface area contributed by atoms with E-state index in [0.717, 1.165) is 25.8 Å². The summed E-state index contributed by atoms with van der Waals surface area (Å²) in [6.45, 7) is 2.89. The zero-order valence-electron chi connectivity index (χ0n) is 12.2. The number of ether oxygens (including phenoxy) is 1. The standard InChI is InChI=1S/C16H20N2O3/c1-11(19)17-12-5-6-15-14(10-12)16(20)18-8-3-2-4-13(18)7-9-21-15/h5-6,10,13H,2-4,7-9H2,1H3,(H,17,19)/t13-/m0/s1. The summed E-state index contributed by atoms with van der Waals surface area (Å²) < 4.78 is 5.75. The number of benzene rings is 1. The van der Waals surface area contributed by atoms with Crippen molar-refractivity contribution in [2.75, 3.05) is 18.5 Å². The highest BCUT2D eigenvalue weighted by Gasteiger charge is 2.31. The van der Waals surface area contributed by atoms with Crippen molar-refractivity contribution in [3.63, 3.8) is 0 Å². The molecule has 0 unspecified atom stereocenters. The first-order valence-electron chi connectivity index (χ1n) is 7.50. The van der Waals surface area contributed by atoms with E-state index in [4.69, 9.17) is 4.74 Å². The number of fused-ring (bicyclic) bond motifs is 2. The lowest BCUT2D eigenvalue weighted by Gasteiger charge is -2.37. The predicted octanol–water partition coefficient (Wildman–Crippen LogP) is 2.42. The van der Waals surface area contributed by atoms with Crippen LogP contribution in [0.5, 0.6) is 5.75 Å². The molecule has 2 amide bonds. The first-order chi connectivity index (χ1) is 10.1. The van der Waals surface area contributed by atoms with Gasteiger partial charge in [-0.1, -0.05) is 0 Å². The van der Waals surface area contributed by atoms with E-state index in [9.17, 15) is 9.59 Å². The van der Waals surface area contributed by atoms with Crippen molar-refractivity contribution in [3.05, 3.63) is 23.8 Å². The van der Waals surface area contributed by atoms with Gasteiger partial charge in [0.2, 0.25) is 5.91 Å². The molecule has 2 heterocycles. The average Bonchev–Trinajstić information content (AvgIpc) is 2.46. The first-order valence-corrected chi connectivity index (χ1v) is 7.50. The third-order valence-electron chi connectivity index (χ3n) is 4.13. The van der Waals surface area contributed by atoms with Gasteiger partial charge in [-0.25, -0.2) is 0 Å². The van der Waals surface area contributed by atoms with E-state index in [2.05, 4.69) is 5.32 Å². The van der Waals surface area contributed by atoms with Gasteiger partial charge in [0, 0.05) is 31.6 Å². The highest BCUT2D eigenvalue weighted by atomic mass is 16.5. The molecule has 1 aromatic carbocycles. The fourth-order valence-corrected chi connectivity index (χ4v) is 3.13. The maximum absolute atomic E-state index is 12.8. The van der Waals surface area contributed by atoms with Crippen LogP contribution in [0.2, 0.25) is 0 Å². The molecule has 1 atom stereocenters. The molecule has 2 aliphatic rings. The number of piperidine rings is 1. The lowest BCUT2D eigenvalue weighted by molar-refractivity contribution is -0.114. The van der Waals surface area contributed by atoms with Crippen LogP contribution in [0.1, 0.15) is 43.0 Å². The average molecular weight is 288 g/mol. The first kappa shape index (κ1) is 13.9. The van der Waals surface area contributed by atoms with Crippen molar-refractivity contribution in [3.8, 4) is 5.75 Å². The quantitative estimate of drug-likeness (QED) is 0.863. The molecule has 0 aromatic heterocycles. The fraction of sp³-hybridized carbons (Fsp3) is 0.500. The predicted molar refractivity (Wildman–Crippen MR) is 79.5 cm³/mol. The van der Waals surface area contributed by atoms with Gasteiger partial charge in [0.1, 0.15) is 5.75 Å². The number of hydrogen-bond acceptors (Lipinski definition) is 3. The van der Waals surface area contributed by atoms with E-state index in [1.807, 2.05) is 4.90 Å². The molecule has 2 aliphatic heterocycles. The Labute approximate surface area is 124 Å². The summed E-state index contributed by atoms with van der Waals surface area (Å²) in [5.74, 6) is 0.477. The maximum Gasteiger partial charge on any atom is 0.257 e. The molecule has 0 spiro atoms. The number of nitrogens with zero attached hydrogens (tertiary/aromatic N) is 1. The van der Waals surface area contributed by atoms with Gasteiger partial charge >= 0.3 is 0 Å². The zero-order chi connectivity index (χ0) is 14.8. The van der Waals surface area contributed by atoms with Crippen LogP contribution in [0.4, 0.5) is 5.69 Å². The summed E-state index contributed by atoms with van der Waals surface area (Å²) in [5.41, 5.74) is 1.18. The van der Waals surface area contributed by atoms with Crippen molar-refractivity contribution < 1.29 is 14.3 Å². The van der Waals surface area contributed by atoms with E-state index >= 15 is 0 Å². The topological polar surface area (TPSA) is 58.6 Å². The van der Waals surface area contributed by atoms with E-state index < -0.39 is 0 Å². The second-order valence-corrected chi connectivity index (χ2v) is 5.68.